The van der Waals surface area contributed by atoms with Gasteiger partial charge in [0.05, 0.1) is 6.61 Å². The number of hydrogen-bond acceptors (Lipinski definition) is 10. The second-order valence-electron chi connectivity index (χ2n) is 17.7. The van der Waals surface area contributed by atoms with Crippen molar-refractivity contribution in [3.05, 3.63) is 48.6 Å². The molecule has 0 aromatic carbocycles. The molecule has 0 spiro atoms. The number of allylic oxidation sites excluding steroid dienone is 8. The molecule has 11 heteroatoms. The van der Waals surface area contributed by atoms with Crippen LogP contribution in [-0.4, -0.2) is 88.4 Å². The lowest BCUT2D eigenvalue weighted by Gasteiger charge is -2.38. The van der Waals surface area contributed by atoms with Crippen molar-refractivity contribution in [1.82, 2.24) is 0 Å². The molecule has 0 saturated carbocycles. The molecule has 6 unspecified atom stereocenters. The van der Waals surface area contributed by atoms with E-state index in [1.807, 2.05) is 0 Å². The zero-order chi connectivity index (χ0) is 46.7. The van der Waals surface area contributed by atoms with E-state index >= 15 is 0 Å². The first kappa shape index (κ1) is 59.2. The number of aliphatic carboxylic acids is 1. The molecule has 1 saturated heterocycles. The van der Waals surface area contributed by atoms with Gasteiger partial charge in [-0.15, -0.1) is 0 Å². The lowest BCUT2D eigenvalue weighted by Crippen LogP contribution is -2.60. The van der Waals surface area contributed by atoms with E-state index in [0.717, 1.165) is 70.6 Å². The van der Waals surface area contributed by atoms with E-state index in [1.165, 1.54) is 109 Å². The number of carboxylic acids is 1. The van der Waals surface area contributed by atoms with Gasteiger partial charge < -0.3 is 39.4 Å². The van der Waals surface area contributed by atoms with E-state index in [2.05, 4.69) is 62.5 Å². The molecule has 11 nitrogen and oxygen atoms in total. The Labute approximate surface area is 388 Å². The predicted octanol–water partition coefficient (Wildman–Crippen LogP) is 12.1. The van der Waals surface area contributed by atoms with Crippen LogP contribution >= 0.6 is 0 Å². The number of unbranched alkanes of at least 4 members (excludes halogenated alkanes) is 24. The van der Waals surface area contributed by atoms with Crippen LogP contribution in [0, 0.1) is 0 Å². The number of hydrogen-bond donors (Lipinski definition) is 4. The molecule has 64 heavy (non-hydrogen) atoms. The average Bonchev–Trinajstić information content (AvgIpc) is 3.28. The molecule has 1 heterocycles. The molecule has 0 aromatic heterocycles. The Kier molecular flexibility index (Phi) is 39.6. The minimum absolute atomic E-state index is 0.172. The lowest BCUT2D eigenvalue weighted by molar-refractivity contribution is -0.298. The summed E-state index contributed by atoms with van der Waals surface area (Å²) in [4.78, 5) is 37.0. The van der Waals surface area contributed by atoms with Crippen molar-refractivity contribution in [1.29, 1.82) is 0 Å². The van der Waals surface area contributed by atoms with Crippen LogP contribution in [0.4, 0.5) is 0 Å². The number of rotatable bonds is 43. The van der Waals surface area contributed by atoms with E-state index in [4.69, 9.17) is 18.9 Å². The highest BCUT2D eigenvalue weighted by Gasteiger charge is 2.47. The molecule has 4 N–H and O–H groups in total. The topological polar surface area (TPSA) is 169 Å². The number of esters is 2. The minimum atomic E-state index is -1.86. The van der Waals surface area contributed by atoms with E-state index in [1.54, 1.807) is 0 Å². The van der Waals surface area contributed by atoms with Crippen molar-refractivity contribution in [2.24, 2.45) is 0 Å². The normalized spacial score (nSPS) is 19.7. The van der Waals surface area contributed by atoms with Gasteiger partial charge in [-0.05, 0) is 77.0 Å². The van der Waals surface area contributed by atoms with Crippen LogP contribution in [0.15, 0.2) is 48.6 Å². The Morgan fingerprint density at radius 1 is 0.484 bits per heavy atom. The van der Waals surface area contributed by atoms with E-state index in [9.17, 15) is 34.8 Å². The molecule has 1 aliphatic rings. The molecular weight excluding hydrogens is 813 g/mol. The first-order chi connectivity index (χ1) is 31.2. The van der Waals surface area contributed by atoms with E-state index in [0.29, 0.717) is 12.8 Å². The van der Waals surface area contributed by atoms with Crippen LogP contribution in [0.5, 0.6) is 0 Å². The molecule has 1 rings (SSSR count). The van der Waals surface area contributed by atoms with Crippen molar-refractivity contribution < 1.29 is 53.8 Å². The van der Waals surface area contributed by atoms with E-state index < -0.39 is 61.3 Å². The van der Waals surface area contributed by atoms with Crippen LogP contribution in [0.3, 0.4) is 0 Å². The van der Waals surface area contributed by atoms with Gasteiger partial charge in [0.1, 0.15) is 24.9 Å². The Bertz CT molecular complexity index is 1250. The zero-order valence-electron chi connectivity index (χ0n) is 40.3. The molecule has 0 radical (unpaired) electrons. The van der Waals surface area contributed by atoms with Crippen LogP contribution in [0.25, 0.3) is 0 Å². The number of ether oxygens (including phenoxy) is 4. The number of carboxylic acid groups (broad SMARTS) is 1. The van der Waals surface area contributed by atoms with Crippen molar-refractivity contribution in [3.8, 4) is 0 Å². The van der Waals surface area contributed by atoms with Gasteiger partial charge >= 0.3 is 17.9 Å². The molecule has 6 atom stereocenters. The standard InChI is InChI=1S/C53H92O11/c1-3-5-7-9-11-13-15-17-19-21-22-23-24-26-27-29-31-33-35-37-39-41-46(54)61-43-45(44-62-53-50(58)48(56)49(57)51(64-53)52(59)60)63-47(55)42-40-38-36-34-32-30-28-25-20-18-16-14-12-10-8-6-4-2/h12,14-15,17-18,20-22,45,48-51,53,56-58H,3-11,13,16,19,23-44H2,1-2H3,(H,59,60)/b14-12-,17-15-,20-18-,22-21-. The summed E-state index contributed by atoms with van der Waals surface area (Å²) >= 11 is 0. The summed E-state index contributed by atoms with van der Waals surface area (Å²) in [5.41, 5.74) is 0. The maximum atomic E-state index is 12.8. The van der Waals surface area contributed by atoms with Crippen LogP contribution in [0.1, 0.15) is 219 Å². The SMILES string of the molecule is CCCCC/C=C\C/C=C\CCCCCCCCCC(=O)OC(COC(=O)CCCCCCCCCCC/C=C\C/C=C\CCCCCCC)COC1OC(C(=O)O)C(O)C(O)C1O. The second kappa shape index (κ2) is 42.8. The van der Waals surface area contributed by atoms with Gasteiger partial charge in [-0.25, -0.2) is 4.79 Å². The third kappa shape index (κ3) is 33.6. The first-order valence-corrected chi connectivity index (χ1v) is 25.7. The van der Waals surface area contributed by atoms with Gasteiger partial charge in [0.2, 0.25) is 0 Å². The fraction of sp³-hybridized carbons (Fsp3) is 0.792. The monoisotopic (exact) mass is 905 g/mol. The summed E-state index contributed by atoms with van der Waals surface area (Å²) in [6.07, 6.45) is 42.9. The summed E-state index contributed by atoms with van der Waals surface area (Å²) in [6.45, 7) is 3.79. The van der Waals surface area contributed by atoms with Gasteiger partial charge in [-0.2, -0.15) is 0 Å². The van der Waals surface area contributed by atoms with Gasteiger partial charge in [0, 0.05) is 12.8 Å². The number of aliphatic hydroxyl groups excluding tert-OH is 3. The second-order valence-corrected chi connectivity index (χ2v) is 17.7. The molecular formula is C53H92O11. The Morgan fingerprint density at radius 2 is 0.875 bits per heavy atom. The van der Waals surface area contributed by atoms with Crippen molar-refractivity contribution in [3.63, 3.8) is 0 Å². The van der Waals surface area contributed by atoms with Crippen LogP contribution in [-0.2, 0) is 33.3 Å². The summed E-state index contributed by atoms with van der Waals surface area (Å²) < 4.78 is 21.8. The van der Waals surface area contributed by atoms with Crippen molar-refractivity contribution >= 4 is 17.9 Å². The van der Waals surface area contributed by atoms with Crippen molar-refractivity contribution in [2.45, 2.75) is 256 Å². The molecule has 0 bridgehead atoms. The van der Waals surface area contributed by atoms with Crippen molar-refractivity contribution in [2.75, 3.05) is 13.2 Å². The molecule has 1 aliphatic heterocycles. The van der Waals surface area contributed by atoms with Crippen LogP contribution in [0.2, 0.25) is 0 Å². The highest BCUT2D eigenvalue weighted by Crippen LogP contribution is 2.23. The largest absolute Gasteiger partial charge is 0.479 e. The summed E-state index contributed by atoms with van der Waals surface area (Å²) in [5.74, 6) is -2.46. The van der Waals surface area contributed by atoms with Gasteiger partial charge in [-0.3, -0.25) is 9.59 Å². The highest BCUT2D eigenvalue weighted by atomic mass is 16.7. The number of carbonyl (C=O) groups is 3. The van der Waals surface area contributed by atoms with E-state index in [-0.39, 0.29) is 19.4 Å². The molecule has 0 amide bonds. The molecule has 370 valence electrons. The highest BCUT2D eigenvalue weighted by molar-refractivity contribution is 5.73. The average molecular weight is 905 g/mol. The van der Waals surface area contributed by atoms with Crippen LogP contribution < -0.4 is 0 Å². The summed E-state index contributed by atoms with van der Waals surface area (Å²) in [6, 6.07) is 0. The number of carbonyl (C=O) groups excluding carboxylic acids is 2. The summed E-state index contributed by atoms with van der Waals surface area (Å²) in [5, 5.41) is 39.9. The maximum absolute atomic E-state index is 12.8. The maximum Gasteiger partial charge on any atom is 0.335 e. The summed E-state index contributed by atoms with van der Waals surface area (Å²) in [7, 11) is 0. The quantitative estimate of drug-likeness (QED) is 0.0261. The number of aliphatic hydroxyl groups is 3. The third-order valence-corrected chi connectivity index (χ3v) is 11.7. The lowest BCUT2D eigenvalue weighted by atomic mass is 9.99. The zero-order valence-corrected chi connectivity index (χ0v) is 40.3. The molecule has 0 aliphatic carbocycles. The van der Waals surface area contributed by atoms with Gasteiger partial charge in [0.25, 0.3) is 0 Å². The Balaban J connectivity index is 2.30. The smallest absolute Gasteiger partial charge is 0.335 e. The van der Waals surface area contributed by atoms with Gasteiger partial charge in [0.15, 0.2) is 18.5 Å². The fourth-order valence-corrected chi connectivity index (χ4v) is 7.59. The molecule has 0 aromatic rings. The Morgan fingerprint density at radius 3 is 1.33 bits per heavy atom. The predicted molar refractivity (Wildman–Crippen MR) is 257 cm³/mol. The first-order valence-electron chi connectivity index (χ1n) is 25.7. The Hall–Kier alpha value is -2.83. The molecule has 1 fully saturated rings. The van der Waals surface area contributed by atoms with Gasteiger partial charge in [-0.1, -0.05) is 178 Å². The third-order valence-electron chi connectivity index (χ3n) is 11.7. The fourth-order valence-electron chi connectivity index (χ4n) is 7.59. The minimum Gasteiger partial charge on any atom is -0.479 e.